The van der Waals surface area contributed by atoms with Gasteiger partial charge in [-0.05, 0) is 36.3 Å². The summed E-state index contributed by atoms with van der Waals surface area (Å²) in [6, 6.07) is 6.38. The smallest absolute Gasteiger partial charge is 0.161 e. The Morgan fingerprint density at radius 3 is 2.86 bits per heavy atom. The first-order valence-corrected chi connectivity index (χ1v) is 9.35. The van der Waals surface area contributed by atoms with E-state index >= 15 is 0 Å². The third-order valence-electron chi connectivity index (χ3n) is 4.34. The molecule has 0 aliphatic carbocycles. The van der Waals surface area contributed by atoms with Crippen molar-refractivity contribution in [3.63, 3.8) is 0 Å². The van der Waals surface area contributed by atoms with Gasteiger partial charge in [0.05, 0.1) is 7.11 Å². The number of hydrogen-bond acceptors (Lipinski definition) is 5. The quantitative estimate of drug-likeness (QED) is 0.867. The van der Waals surface area contributed by atoms with Crippen molar-refractivity contribution in [1.29, 1.82) is 0 Å². The van der Waals surface area contributed by atoms with Crippen molar-refractivity contribution in [2.75, 3.05) is 51.3 Å². The van der Waals surface area contributed by atoms with Crippen LogP contribution in [-0.2, 0) is 6.42 Å². The van der Waals surface area contributed by atoms with Crippen LogP contribution < -0.4 is 14.8 Å². The maximum atomic E-state index is 6.16. The molecule has 2 saturated heterocycles. The van der Waals surface area contributed by atoms with Gasteiger partial charge < -0.3 is 19.7 Å². The molecule has 22 heavy (non-hydrogen) atoms. The zero-order valence-corrected chi connectivity index (χ0v) is 14.2. The molecule has 2 heterocycles. The highest BCUT2D eigenvalue weighted by molar-refractivity contribution is 7.99. The first kappa shape index (κ1) is 16.0. The minimum atomic E-state index is 0.335. The molecular formula is C17H26N2O2S. The molecule has 2 aliphatic heterocycles. The molecule has 1 unspecified atom stereocenters. The normalized spacial score (nSPS) is 22.7. The van der Waals surface area contributed by atoms with Crippen LogP contribution in [0.2, 0.25) is 0 Å². The molecule has 1 aromatic rings. The Hall–Kier alpha value is -0.910. The predicted molar refractivity (Wildman–Crippen MR) is 92.4 cm³/mol. The van der Waals surface area contributed by atoms with Gasteiger partial charge in [0.15, 0.2) is 11.5 Å². The second-order valence-corrected chi connectivity index (χ2v) is 7.08. The van der Waals surface area contributed by atoms with Crippen LogP contribution in [0.15, 0.2) is 18.2 Å². The third-order valence-corrected chi connectivity index (χ3v) is 5.47. The Morgan fingerprint density at radius 2 is 2.14 bits per heavy atom. The van der Waals surface area contributed by atoms with Crippen LogP contribution in [-0.4, -0.2) is 62.3 Å². The third kappa shape index (κ3) is 4.31. The van der Waals surface area contributed by atoms with Crippen molar-refractivity contribution >= 4 is 11.8 Å². The minimum absolute atomic E-state index is 0.335. The van der Waals surface area contributed by atoms with Gasteiger partial charge in [-0.2, -0.15) is 11.8 Å². The molecule has 5 heteroatoms. The number of nitrogens with zero attached hydrogens (tertiary/aromatic N) is 1. The number of thioether (sulfide) groups is 1. The lowest BCUT2D eigenvalue weighted by atomic mass is 10.1. The van der Waals surface area contributed by atoms with E-state index in [0.29, 0.717) is 6.10 Å². The highest BCUT2D eigenvalue weighted by Crippen LogP contribution is 2.32. The molecule has 2 fully saturated rings. The first-order valence-electron chi connectivity index (χ1n) is 8.19. The van der Waals surface area contributed by atoms with Crippen LogP contribution in [0.3, 0.4) is 0 Å². The molecule has 0 spiro atoms. The number of nitrogens with one attached hydrogen (secondary N) is 1. The number of rotatable bonds is 6. The molecule has 0 bridgehead atoms. The van der Waals surface area contributed by atoms with Crippen molar-refractivity contribution in [2.24, 2.45) is 0 Å². The second kappa shape index (κ2) is 8.09. The zero-order valence-electron chi connectivity index (χ0n) is 13.3. The van der Waals surface area contributed by atoms with Crippen LogP contribution in [0, 0.1) is 0 Å². The lowest BCUT2D eigenvalue weighted by Gasteiger charge is -2.27. The molecule has 1 aromatic carbocycles. The molecule has 0 amide bonds. The molecule has 1 atom stereocenters. The molecule has 0 saturated carbocycles. The van der Waals surface area contributed by atoms with Crippen LogP contribution in [0.4, 0.5) is 0 Å². The standard InChI is InChI=1S/C17H26N2O2S/c1-20-16-3-2-14(4-8-19-9-6-18-7-10-19)12-17(16)21-15-5-11-22-13-15/h2-3,12,15,18H,4-11,13H2,1H3. The molecule has 4 nitrogen and oxygen atoms in total. The van der Waals surface area contributed by atoms with E-state index < -0.39 is 0 Å². The lowest BCUT2D eigenvalue weighted by Crippen LogP contribution is -2.44. The van der Waals surface area contributed by atoms with Crippen molar-refractivity contribution in [2.45, 2.75) is 18.9 Å². The second-order valence-electron chi connectivity index (χ2n) is 5.93. The topological polar surface area (TPSA) is 33.7 Å². The van der Waals surface area contributed by atoms with Crippen LogP contribution in [0.1, 0.15) is 12.0 Å². The van der Waals surface area contributed by atoms with E-state index in [1.165, 1.54) is 11.3 Å². The minimum Gasteiger partial charge on any atom is -0.493 e. The van der Waals surface area contributed by atoms with Crippen molar-refractivity contribution < 1.29 is 9.47 Å². The number of hydrogen-bond donors (Lipinski definition) is 1. The van der Waals surface area contributed by atoms with Crippen molar-refractivity contribution in [3.8, 4) is 11.5 Å². The molecule has 3 rings (SSSR count). The first-order chi connectivity index (χ1) is 10.8. The summed E-state index contributed by atoms with van der Waals surface area (Å²) in [5.41, 5.74) is 1.33. The van der Waals surface area contributed by atoms with Gasteiger partial charge in [0.1, 0.15) is 6.10 Å². The molecule has 2 aliphatic rings. The molecule has 0 radical (unpaired) electrons. The molecule has 1 N–H and O–H groups in total. The summed E-state index contributed by atoms with van der Waals surface area (Å²) < 4.78 is 11.6. The van der Waals surface area contributed by atoms with Crippen molar-refractivity contribution in [3.05, 3.63) is 23.8 Å². The average Bonchev–Trinajstić information content (AvgIpc) is 3.07. The summed E-state index contributed by atoms with van der Waals surface area (Å²) >= 11 is 1.97. The summed E-state index contributed by atoms with van der Waals surface area (Å²) in [5, 5.41) is 3.40. The van der Waals surface area contributed by atoms with Gasteiger partial charge in [-0.25, -0.2) is 0 Å². The van der Waals surface area contributed by atoms with Gasteiger partial charge in [0, 0.05) is 38.5 Å². The monoisotopic (exact) mass is 322 g/mol. The average molecular weight is 322 g/mol. The van der Waals surface area contributed by atoms with Gasteiger partial charge in [-0.3, -0.25) is 0 Å². The number of methoxy groups -OCH3 is 1. The highest BCUT2D eigenvalue weighted by atomic mass is 32.2. The Balaban J connectivity index is 1.60. The fraction of sp³-hybridized carbons (Fsp3) is 0.647. The maximum absolute atomic E-state index is 6.16. The fourth-order valence-electron chi connectivity index (χ4n) is 2.98. The van der Waals surface area contributed by atoms with E-state index in [4.69, 9.17) is 9.47 Å². The Morgan fingerprint density at radius 1 is 1.27 bits per heavy atom. The van der Waals surface area contributed by atoms with E-state index in [-0.39, 0.29) is 0 Å². The van der Waals surface area contributed by atoms with Crippen LogP contribution in [0.25, 0.3) is 0 Å². The van der Waals surface area contributed by atoms with E-state index in [1.54, 1.807) is 7.11 Å². The van der Waals surface area contributed by atoms with Crippen LogP contribution in [0.5, 0.6) is 11.5 Å². The Kier molecular flexibility index (Phi) is 5.87. The van der Waals surface area contributed by atoms with E-state index in [0.717, 1.165) is 62.8 Å². The Labute approximate surface area is 137 Å². The number of benzene rings is 1. The lowest BCUT2D eigenvalue weighted by molar-refractivity contribution is 0.218. The number of piperazine rings is 1. The van der Waals surface area contributed by atoms with E-state index in [1.807, 2.05) is 17.8 Å². The molecule has 0 aromatic heterocycles. The van der Waals surface area contributed by atoms with Gasteiger partial charge >= 0.3 is 0 Å². The summed E-state index contributed by atoms with van der Waals surface area (Å²) in [7, 11) is 1.71. The van der Waals surface area contributed by atoms with Crippen molar-refractivity contribution in [1.82, 2.24) is 10.2 Å². The van der Waals surface area contributed by atoms with Gasteiger partial charge in [0.25, 0.3) is 0 Å². The SMILES string of the molecule is COc1ccc(CCN2CCNCC2)cc1OC1CCSC1. The summed E-state index contributed by atoms with van der Waals surface area (Å²) in [6.45, 7) is 5.64. The predicted octanol–water partition coefficient (Wildman–Crippen LogP) is 2.03. The molecular weight excluding hydrogens is 296 g/mol. The molecule has 122 valence electrons. The highest BCUT2D eigenvalue weighted by Gasteiger charge is 2.19. The van der Waals surface area contributed by atoms with Crippen LogP contribution >= 0.6 is 11.8 Å². The summed E-state index contributed by atoms with van der Waals surface area (Å²) in [4.78, 5) is 2.52. The van der Waals surface area contributed by atoms with Gasteiger partial charge in [-0.15, -0.1) is 0 Å². The summed E-state index contributed by atoms with van der Waals surface area (Å²) in [5.74, 6) is 4.06. The van der Waals surface area contributed by atoms with Gasteiger partial charge in [-0.1, -0.05) is 6.07 Å². The largest absolute Gasteiger partial charge is 0.493 e. The Bertz CT molecular complexity index is 472. The fourth-order valence-corrected chi connectivity index (χ4v) is 4.07. The van der Waals surface area contributed by atoms with Gasteiger partial charge in [0.2, 0.25) is 0 Å². The van der Waals surface area contributed by atoms with E-state index in [9.17, 15) is 0 Å². The number of ether oxygens (including phenoxy) is 2. The summed E-state index contributed by atoms with van der Waals surface area (Å²) in [6.07, 6.45) is 2.54. The zero-order chi connectivity index (χ0) is 15.2. The van der Waals surface area contributed by atoms with E-state index in [2.05, 4.69) is 22.3 Å². The maximum Gasteiger partial charge on any atom is 0.161 e.